The van der Waals surface area contributed by atoms with E-state index in [4.69, 9.17) is 9.47 Å². The van der Waals surface area contributed by atoms with Crippen molar-refractivity contribution in [1.82, 2.24) is 13.9 Å². The Morgan fingerprint density at radius 3 is 2.41 bits per heavy atom. The standard InChI is InChI=1S/C23H27N3O5S/c1-4-26(5-2)32(28,29)21-14-22(25(3)15-21)23(27)31-16-18-9-11-20(12-10-18)30-17-19-8-6-7-13-24-19/h6-15H,4-5,16-17H2,1-3H3. The van der Waals surface area contributed by atoms with Gasteiger partial charge in [0.15, 0.2) is 0 Å². The molecule has 3 aromatic rings. The molecule has 2 aromatic heterocycles. The third-order valence-electron chi connectivity index (χ3n) is 4.94. The van der Waals surface area contributed by atoms with Gasteiger partial charge in [-0.15, -0.1) is 0 Å². The first-order valence-electron chi connectivity index (χ1n) is 10.3. The van der Waals surface area contributed by atoms with Crippen molar-refractivity contribution in [3.8, 4) is 5.75 Å². The molecular formula is C23H27N3O5S. The lowest BCUT2D eigenvalue weighted by Crippen LogP contribution is -2.30. The van der Waals surface area contributed by atoms with E-state index in [1.54, 1.807) is 39.2 Å². The molecule has 0 aliphatic heterocycles. The van der Waals surface area contributed by atoms with Gasteiger partial charge in [0.05, 0.1) is 5.69 Å². The second kappa shape index (κ2) is 10.4. The summed E-state index contributed by atoms with van der Waals surface area (Å²) in [5.74, 6) is 0.0865. The Kier molecular flexibility index (Phi) is 7.66. The van der Waals surface area contributed by atoms with Crippen molar-refractivity contribution in [1.29, 1.82) is 0 Å². The van der Waals surface area contributed by atoms with Crippen LogP contribution in [0.25, 0.3) is 0 Å². The number of ether oxygens (including phenoxy) is 2. The first-order chi connectivity index (χ1) is 15.3. The van der Waals surface area contributed by atoms with Crippen LogP contribution >= 0.6 is 0 Å². The normalized spacial score (nSPS) is 11.5. The summed E-state index contributed by atoms with van der Waals surface area (Å²) in [7, 11) is -2.03. The third kappa shape index (κ3) is 5.54. The number of carbonyl (C=O) groups excluding carboxylic acids is 1. The molecule has 3 rings (SSSR count). The van der Waals surface area contributed by atoms with Crippen LogP contribution < -0.4 is 4.74 Å². The minimum absolute atomic E-state index is 0.0582. The molecule has 0 amide bonds. The van der Waals surface area contributed by atoms with Crippen LogP contribution in [0.3, 0.4) is 0 Å². The highest BCUT2D eigenvalue weighted by Gasteiger charge is 2.25. The van der Waals surface area contributed by atoms with E-state index in [9.17, 15) is 13.2 Å². The zero-order chi connectivity index (χ0) is 23.1. The highest BCUT2D eigenvalue weighted by molar-refractivity contribution is 7.89. The van der Waals surface area contributed by atoms with Gasteiger partial charge in [-0.2, -0.15) is 4.31 Å². The minimum Gasteiger partial charge on any atom is -0.487 e. The van der Waals surface area contributed by atoms with Gasteiger partial charge in [0.25, 0.3) is 0 Å². The van der Waals surface area contributed by atoms with Gasteiger partial charge in [0.2, 0.25) is 10.0 Å². The molecule has 170 valence electrons. The quantitative estimate of drug-likeness (QED) is 0.434. The van der Waals surface area contributed by atoms with E-state index in [1.807, 2.05) is 30.3 Å². The lowest BCUT2D eigenvalue weighted by molar-refractivity contribution is 0.0461. The third-order valence-corrected chi connectivity index (χ3v) is 6.95. The van der Waals surface area contributed by atoms with Crippen LogP contribution in [0.15, 0.2) is 65.8 Å². The van der Waals surface area contributed by atoms with Crippen LogP contribution in [-0.2, 0) is 35.0 Å². The average Bonchev–Trinajstić information content (AvgIpc) is 3.21. The summed E-state index contributed by atoms with van der Waals surface area (Å²) in [5.41, 5.74) is 1.79. The Hall–Kier alpha value is -3.17. The van der Waals surface area contributed by atoms with Gasteiger partial charge < -0.3 is 14.0 Å². The molecule has 32 heavy (non-hydrogen) atoms. The Bertz CT molecular complexity index is 1140. The Morgan fingerprint density at radius 1 is 1.06 bits per heavy atom. The number of aryl methyl sites for hydroxylation is 1. The summed E-state index contributed by atoms with van der Waals surface area (Å²) in [4.78, 5) is 16.8. The largest absolute Gasteiger partial charge is 0.487 e. The van der Waals surface area contributed by atoms with Crippen molar-refractivity contribution in [2.75, 3.05) is 13.1 Å². The topological polar surface area (TPSA) is 90.7 Å². The second-order valence-electron chi connectivity index (χ2n) is 7.09. The minimum atomic E-state index is -3.65. The first-order valence-corrected chi connectivity index (χ1v) is 11.7. The van der Waals surface area contributed by atoms with Gasteiger partial charge in [-0.25, -0.2) is 13.2 Å². The lowest BCUT2D eigenvalue weighted by Gasteiger charge is -2.17. The van der Waals surface area contributed by atoms with Crippen molar-refractivity contribution in [3.63, 3.8) is 0 Å². The maximum absolute atomic E-state index is 12.7. The number of nitrogens with zero attached hydrogens (tertiary/aromatic N) is 3. The van der Waals surface area contributed by atoms with Crippen LogP contribution in [0.1, 0.15) is 35.6 Å². The molecule has 0 N–H and O–H groups in total. The number of sulfonamides is 1. The van der Waals surface area contributed by atoms with E-state index in [0.717, 1.165) is 11.3 Å². The van der Waals surface area contributed by atoms with Crippen LogP contribution in [0.5, 0.6) is 5.75 Å². The first kappa shape index (κ1) is 23.5. The van der Waals surface area contributed by atoms with E-state index in [1.165, 1.54) is 21.1 Å². The maximum atomic E-state index is 12.7. The molecule has 0 aliphatic rings. The summed E-state index contributed by atoms with van der Waals surface area (Å²) < 4.78 is 39.3. The number of hydrogen-bond donors (Lipinski definition) is 0. The SMILES string of the molecule is CCN(CC)S(=O)(=O)c1cc(C(=O)OCc2ccc(OCc3ccccn3)cc2)n(C)c1. The molecule has 2 heterocycles. The molecule has 0 bridgehead atoms. The predicted octanol–water partition coefficient (Wildman–Crippen LogP) is 3.39. The van der Waals surface area contributed by atoms with Crippen LogP contribution in [0.2, 0.25) is 0 Å². The molecule has 0 fully saturated rings. The number of esters is 1. The molecule has 0 saturated heterocycles. The van der Waals surface area contributed by atoms with Crippen molar-refractivity contribution < 1.29 is 22.7 Å². The number of carbonyl (C=O) groups is 1. The van der Waals surface area contributed by atoms with Gasteiger partial charge in [-0.1, -0.05) is 32.0 Å². The van der Waals surface area contributed by atoms with Crippen molar-refractivity contribution in [3.05, 3.63) is 77.9 Å². The summed E-state index contributed by atoms with van der Waals surface area (Å²) in [6.45, 7) is 4.68. The van der Waals surface area contributed by atoms with E-state index in [2.05, 4.69) is 4.98 Å². The molecule has 0 aliphatic carbocycles. The number of aromatic nitrogens is 2. The number of rotatable bonds is 10. The Labute approximate surface area is 188 Å². The smallest absolute Gasteiger partial charge is 0.355 e. The number of hydrogen-bond acceptors (Lipinski definition) is 6. The van der Waals surface area contributed by atoms with Gasteiger partial charge in [-0.05, 0) is 35.9 Å². The molecule has 0 unspecified atom stereocenters. The summed E-state index contributed by atoms with van der Waals surface area (Å²) in [5, 5.41) is 0. The van der Waals surface area contributed by atoms with Crippen molar-refractivity contribution in [2.45, 2.75) is 32.0 Å². The summed E-state index contributed by atoms with van der Waals surface area (Å²) in [6, 6.07) is 14.2. The molecule has 9 heteroatoms. The van der Waals surface area contributed by atoms with Crippen molar-refractivity contribution >= 4 is 16.0 Å². The van der Waals surface area contributed by atoms with Gasteiger partial charge >= 0.3 is 5.97 Å². The number of pyridine rings is 1. The fourth-order valence-corrected chi connectivity index (χ4v) is 4.67. The fraction of sp³-hybridized carbons (Fsp3) is 0.304. The molecule has 0 radical (unpaired) electrons. The molecule has 8 nitrogen and oxygen atoms in total. The Balaban J connectivity index is 1.59. The fourth-order valence-electron chi connectivity index (χ4n) is 3.14. The monoisotopic (exact) mass is 457 g/mol. The highest BCUT2D eigenvalue weighted by atomic mass is 32.2. The summed E-state index contributed by atoms with van der Waals surface area (Å²) in [6.07, 6.45) is 3.14. The highest BCUT2D eigenvalue weighted by Crippen LogP contribution is 2.20. The predicted molar refractivity (Wildman–Crippen MR) is 120 cm³/mol. The van der Waals surface area contributed by atoms with Crippen LogP contribution in [0, 0.1) is 0 Å². The average molecular weight is 458 g/mol. The van der Waals surface area contributed by atoms with Gasteiger partial charge in [0, 0.05) is 32.5 Å². The van der Waals surface area contributed by atoms with Crippen molar-refractivity contribution in [2.24, 2.45) is 7.05 Å². The number of benzene rings is 1. The lowest BCUT2D eigenvalue weighted by atomic mass is 10.2. The van der Waals surface area contributed by atoms with Crippen LogP contribution in [0.4, 0.5) is 0 Å². The second-order valence-corrected chi connectivity index (χ2v) is 9.03. The Morgan fingerprint density at radius 2 is 1.78 bits per heavy atom. The van der Waals surface area contributed by atoms with Gasteiger partial charge in [-0.3, -0.25) is 4.98 Å². The summed E-state index contributed by atoms with van der Waals surface area (Å²) >= 11 is 0. The zero-order valence-electron chi connectivity index (χ0n) is 18.4. The maximum Gasteiger partial charge on any atom is 0.355 e. The molecule has 0 saturated carbocycles. The zero-order valence-corrected chi connectivity index (χ0v) is 19.2. The molecule has 0 spiro atoms. The van der Waals surface area contributed by atoms with E-state index < -0.39 is 16.0 Å². The van der Waals surface area contributed by atoms with Gasteiger partial charge in [0.1, 0.15) is 29.6 Å². The molecule has 0 atom stereocenters. The van der Waals surface area contributed by atoms with Crippen LogP contribution in [-0.4, -0.2) is 41.3 Å². The van der Waals surface area contributed by atoms with E-state index in [0.29, 0.717) is 25.4 Å². The molecular weight excluding hydrogens is 430 g/mol. The van der Waals surface area contributed by atoms with E-state index >= 15 is 0 Å². The molecule has 1 aromatic carbocycles. The van der Waals surface area contributed by atoms with E-state index in [-0.39, 0.29) is 17.2 Å².